The first-order valence-corrected chi connectivity index (χ1v) is 6.57. The maximum atomic E-state index is 13.3. The Morgan fingerprint density at radius 1 is 1.30 bits per heavy atom. The van der Waals surface area contributed by atoms with Gasteiger partial charge < -0.3 is 16.2 Å². The highest BCUT2D eigenvalue weighted by molar-refractivity contribution is 9.10. The SMILES string of the molecule is NC(=O)C(Nc1ccccc1Br)c1cc(F)ccc1O. The second-order valence-electron chi connectivity index (χ2n) is 4.16. The summed E-state index contributed by atoms with van der Waals surface area (Å²) in [5.74, 6) is -1.48. The van der Waals surface area contributed by atoms with E-state index in [0.29, 0.717) is 5.69 Å². The van der Waals surface area contributed by atoms with Gasteiger partial charge in [0.25, 0.3) is 0 Å². The van der Waals surface area contributed by atoms with Crippen molar-refractivity contribution in [3.8, 4) is 5.75 Å². The van der Waals surface area contributed by atoms with Gasteiger partial charge in [-0.15, -0.1) is 0 Å². The van der Waals surface area contributed by atoms with Gasteiger partial charge in [0.05, 0.1) is 0 Å². The van der Waals surface area contributed by atoms with Gasteiger partial charge in [-0.2, -0.15) is 0 Å². The number of anilines is 1. The number of phenolic OH excluding ortho intramolecular Hbond substituents is 1. The lowest BCUT2D eigenvalue weighted by Crippen LogP contribution is -2.28. The Hall–Kier alpha value is -2.08. The largest absolute Gasteiger partial charge is 0.508 e. The highest BCUT2D eigenvalue weighted by Gasteiger charge is 2.22. The molecule has 0 heterocycles. The summed E-state index contributed by atoms with van der Waals surface area (Å²) in [6.07, 6.45) is 0. The van der Waals surface area contributed by atoms with Crippen molar-refractivity contribution < 1.29 is 14.3 Å². The van der Waals surface area contributed by atoms with Gasteiger partial charge >= 0.3 is 0 Å². The number of benzene rings is 2. The quantitative estimate of drug-likeness (QED) is 0.802. The van der Waals surface area contributed by atoms with Crippen LogP contribution in [-0.4, -0.2) is 11.0 Å². The lowest BCUT2D eigenvalue weighted by atomic mass is 10.0. The molecule has 0 radical (unpaired) electrons. The molecule has 0 aromatic heterocycles. The van der Waals surface area contributed by atoms with Gasteiger partial charge in [-0.05, 0) is 46.3 Å². The number of hydrogen-bond acceptors (Lipinski definition) is 3. The summed E-state index contributed by atoms with van der Waals surface area (Å²) >= 11 is 3.33. The second-order valence-corrected chi connectivity index (χ2v) is 5.02. The standard InChI is InChI=1S/C14H12BrFN2O2/c15-10-3-1-2-4-11(10)18-13(14(17)20)9-7-8(16)5-6-12(9)19/h1-7,13,18-19H,(H2,17,20). The first-order valence-electron chi connectivity index (χ1n) is 5.78. The van der Waals surface area contributed by atoms with Crippen LogP contribution in [0.15, 0.2) is 46.9 Å². The Kier molecular flexibility index (Phi) is 4.24. The fourth-order valence-electron chi connectivity index (χ4n) is 1.79. The Morgan fingerprint density at radius 3 is 2.65 bits per heavy atom. The zero-order valence-electron chi connectivity index (χ0n) is 10.3. The number of halogens is 2. The molecular weight excluding hydrogens is 327 g/mol. The van der Waals surface area contributed by atoms with E-state index in [9.17, 15) is 14.3 Å². The molecule has 4 nitrogen and oxygen atoms in total. The number of carbonyl (C=O) groups excluding carboxylic acids is 1. The van der Waals surface area contributed by atoms with Crippen LogP contribution in [0.3, 0.4) is 0 Å². The first kappa shape index (κ1) is 14.3. The van der Waals surface area contributed by atoms with Crippen molar-refractivity contribution in [3.63, 3.8) is 0 Å². The molecule has 2 rings (SSSR count). The third kappa shape index (κ3) is 3.08. The molecule has 1 amide bonds. The van der Waals surface area contributed by atoms with Gasteiger partial charge in [-0.1, -0.05) is 12.1 Å². The lowest BCUT2D eigenvalue weighted by molar-refractivity contribution is -0.118. The van der Waals surface area contributed by atoms with Gasteiger partial charge in [-0.3, -0.25) is 4.79 Å². The first-order chi connectivity index (χ1) is 9.49. The van der Waals surface area contributed by atoms with Crippen LogP contribution in [0.4, 0.5) is 10.1 Å². The number of aromatic hydroxyl groups is 1. The summed E-state index contributed by atoms with van der Waals surface area (Å²) in [7, 11) is 0. The number of rotatable bonds is 4. The van der Waals surface area contributed by atoms with Crippen molar-refractivity contribution in [2.45, 2.75) is 6.04 Å². The van der Waals surface area contributed by atoms with Gasteiger partial charge in [0.2, 0.25) is 5.91 Å². The Balaban J connectivity index is 2.40. The molecule has 6 heteroatoms. The summed E-state index contributed by atoms with van der Waals surface area (Å²) < 4.78 is 14.0. The van der Waals surface area contributed by atoms with Crippen LogP contribution in [-0.2, 0) is 4.79 Å². The van der Waals surface area contributed by atoms with Gasteiger partial charge in [-0.25, -0.2) is 4.39 Å². The maximum Gasteiger partial charge on any atom is 0.244 e. The molecule has 0 saturated carbocycles. The molecule has 0 fully saturated rings. The molecule has 1 unspecified atom stereocenters. The van der Waals surface area contributed by atoms with Crippen LogP contribution in [0.5, 0.6) is 5.75 Å². The van der Waals surface area contributed by atoms with Crippen molar-refractivity contribution in [2.75, 3.05) is 5.32 Å². The molecule has 104 valence electrons. The predicted octanol–water partition coefficient (Wildman–Crippen LogP) is 2.93. The topological polar surface area (TPSA) is 75.4 Å². The van der Waals surface area contributed by atoms with Crippen molar-refractivity contribution in [3.05, 3.63) is 58.3 Å². The Labute approximate surface area is 123 Å². The van der Waals surface area contributed by atoms with Crippen LogP contribution in [0.25, 0.3) is 0 Å². The highest BCUT2D eigenvalue weighted by atomic mass is 79.9. The van der Waals surface area contributed by atoms with E-state index < -0.39 is 17.8 Å². The van der Waals surface area contributed by atoms with Crippen LogP contribution >= 0.6 is 15.9 Å². The van der Waals surface area contributed by atoms with Crippen molar-refractivity contribution in [1.82, 2.24) is 0 Å². The monoisotopic (exact) mass is 338 g/mol. The zero-order valence-corrected chi connectivity index (χ0v) is 11.9. The third-order valence-electron chi connectivity index (χ3n) is 2.76. The van der Waals surface area contributed by atoms with E-state index in [4.69, 9.17) is 5.73 Å². The number of phenols is 1. The fourth-order valence-corrected chi connectivity index (χ4v) is 2.19. The molecule has 0 aliphatic rings. The molecule has 20 heavy (non-hydrogen) atoms. The molecule has 0 saturated heterocycles. The van der Waals surface area contributed by atoms with E-state index in [1.165, 1.54) is 6.07 Å². The number of hydrogen-bond donors (Lipinski definition) is 3. The summed E-state index contributed by atoms with van der Waals surface area (Å²) in [5, 5.41) is 12.7. The summed E-state index contributed by atoms with van der Waals surface area (Å²) in [6.45, 7) is 0. The molecule has 2 aromatic carbocycles. The van der Waals surface area contributed by atoms with Crippen LogP contribution in [0.2, 0.25) is 0 Å². The normalized spacial score (nSPS) is 11.9. The van der Waals surface area contributed by atoms with E-state index in [1.54, 1.807) is 18.2 Å². The van der Waals surface area contributed by atoms with Crippen LogP contribution in [0.1, 0.15) is 11.6 Å². The van der Waals surface area contributed by atoms with Crippen LogP contribution in [0, 0.1) is 5.82 Å². The number of carbonyl (C=O) groups is 1. The van der Waals surface area contributed by atoms with E-state index >= 15 is 0 Å². The lowest BCUT2D eigenvalue weighted by Gasteiger charge is -2.19. The predicted molar refractivity (Wildman–Crippen MR) is 77.8 cm³/mol. The smallest absolute Gasteiger partial charge is 0.244 e. The molecule has 2 aromatic rings. The van der Waals surface area contributed by atoms with E-state index in [0.717, 1.165) is 16.6 Å². The van der Waals surface area contributed by atoms with Gasteiger partial charge in [0.1, 0.15) is 17.6 Å². The van der Waals surface area contributed by atoms with E-state index in [1.807, 2.05) is 6.07 Å². The minimum Gasteiger partial charge on any atom is -0.508 e. The number of amides is 1. The molecular formula is C14H12BrFN2O2. The Morgan fingerprint density at radius 2 is 2.00 bits per heavy atom. The van der Waals surface area contributed by atoms with Crippen LogP contribution < -0.4 is 11.1 Å². The number of primary amides is 1. The number of nitrogens with one attached hydrogen (secondary N) is 1. The molecule has 0 aliphatic carbocycles. The average Bonchev–Trinajstić information content (AvgIpc) is 2.40. The average molecular weight is 339 g/mol. The summed E-state index contributed by atoms with van der Waals surface area (Å²) in [6, 6.07) is 9.43. The highest BCUT2D eigenvalue weighted by Crippen LogP contribution is 2.30. The van der Waals surface area contributed by atoms with E-state index in [2.05, 4.69) is 21.2 Å². The molecule has 0 bridgehead atoms. The summed E-state index contributed by atoms with van der Waals surface area (Å²) in [4.78, 5) is 11.6. The van der Waals surface area contributed by atoms with Gasteiger partial charge in [0.15, 0.2) is 0 Å². The molecule has 1 atom stereocenters. The maximum absolute atomic E-state index is 13.3. The second kappa shape index (κ2) is 5.92. The molecule has 0 spiro atoms. The number of nitrogens with two attached hydrogens (primary N) is 1. The zero-order chi connectivity index (χ0) is 14.7. The number of para-hydroxylation sites is 1. The van der Waals surface area contributed by atoms with E-state index in [-0.39, 0.29) is 11.3 Å². The van der Waals surface area contributed by atoms with Crippen molar-refractivity contribution in [1.29, 1.82) is 0 Å². The summed E-state index contributed by atoms with van der Waals surface area (Å²) in [5.41, 5.74) is 6.04. The third-order valence-corrected chi connectivity index (χ3v) is 3.45. The fraction of sp³-hybridized carbons (Fsp3) is 0.0714. The molecule has 4 N–H and O–H groups in total. The van der Waals surface area contributed by atoms with Crippen molar-refractivity contribution >= 4 is 27.5 Å². The van der Waals surface area contributed by atoms with Gasteiger partial charge in [0, 0.05) is 15.7 Å². The Bertz CT molecular complexity index is 649. The minimum atomic E-state index is -1.04. The minimum absolute atomic E-state index is 0.0910. The molecule has 0 aliphatic heterocycles. The van der Waals surface area contributed by atoms with Crippen molar-refractivity contribution in [2.24, 2.45) is 5.73 Å².